The SMILES string of the molecule is Cn1nnn(Cc2cc(Br)ccc2C(=O)OC2=CC(=O)C(C)(C)CC2)c1=O. The summed E-state index contributed by atoms with van der Waals surface area (Å²) in [5.41, 5.74) is 0.0253. The normalized spacial score (nSPS) is 16.1. The van der Waals surface area contributed by atoms with Crippen LogP contribution in [0.15, 0.2) is 39.3 Å². The van der Waals surface area contributed by atoms with Crippen LogP contribution in [0.1, 0.15) is 42.6 Å². The molecule has 0 unspecified atom stereocenters. The molecule has 0 bridgehead atoms. The molecule has 0 aliphatic heterocycles. The number of aryl methyl sites for hydroxylation is 1. The Labute approximate surface area is 163 Å². The summed E-state index contributed by atoms with van der Waals surface area (Å²) in [6.07, 6.45) is 2.53. The Bertz CT molecular complexity index is 1000. The van der Waals surface area contributed by atoms with Gasteiger partial charge in [-0.15, -0.1) is 0 Å². The fourth-order valence-corrected chi connectivity index (χ4v) is 3.14. The van der Waals surface area contributed by atoms with Crippen LogP contribution in [0.4, 0.5) is 0 Å². The van der Waals surface area contributed by atoms with Crippen molar-refractivity contribution in [2.75, 3.05) is 0 Å². The van der Waals surface area contributed by atoms with Crippen LogP contribution in [0.5, 0.6) is 0 Å². The molecule has 0 fully saturated rings. The number of hydrogen-bond donors (Lipinski definition) is 0. The number of carbonyl (C=O) groups is 2. The van der Waals surface area contributed by atoms with Crippen LogP contribution in [0.3, 0.4) is 0 Å². The summed E-state index contributed by atoms with van der Waals surface area (Å²) in [5.74, 6) is -0.276. The van der Waals surface area contributed by atoms with E-state index in [1.54, 1.807) is 18.2 Å². The highest BCUT2D eigenvalue weighted by Crippen LogP contribution is 2.32. The molecule has 1 aliphatic rings. The van der Waals surface area contributed by atoms with Crippen LogP contribution < -0.4 is 5.69 Å². The molecule has 142 valence electrons. The average Bonchev–Trinajstić information content (AvgIpc) is 2.91. The van der Waals surface area contributed by atoms with Crippen molar-refractivity contribution >= 4 is 27.7 Å². The maximum Gasteiger partial charge on any atom is 0.363 e. The highest BCUT2D eigenvalue weighted by molar-refractivity contribution is 9.10. The number of carbonyl (C=O) groups excluding carboxylic acids is 2. The third-order valence-electron chi connectivity index (χ3n) is 4.57. The van der Waals surface area contributed by atoms with Crippen molar-refractivity contribution in [2.45, 2.75) is 33.2 Å². The van der Waals surface area contributed by atoms with Gasteiger partial charge in [-0.05, 0) is 40.6 Å². The summed E-state index contributed by atoms with van der Waals surface area (Å²) in [7, 11) is 1.50. The Morgan fingerprint density at radius 1 is 1.30 bits per heavy atom. The van der Waals surface area contributed by atoms with Crippen LogP contribution in [0, 0.1) is 5.41 Å². The lowest BCUT2D eigenvalue weighted by atomic mass is 9.79. The van der Waals surface area contributed by atoms with Gasteiger partial charge in [0.25, 0.3) is 0 Å². The lowest BCUT2D eigenvalue weighted by Gasteiger charge is -2.26. The van der Waals surface area contributed by atoms with Gasteiger partial charge in [-0.1, -0.05) is 29.8 Å². The van der Waals surface area contributed by atoms with E-state index in [1.807, 2.05) is 13.8 Å². The third kappa shape index (κ3) is 4.08. The zero-order valence-corrected chi connectivity index (χ0v) is 16.8. The zero-order chi connectivity index (χ0) is 19.8. The van der Waals surface area contributed by atoms with Crippen molar-refractivity contribution in [3.05, 3.63) is 56.1 Å². The van der Waals surface area contributed by atoms with E-state index in [0.29, 0.717) is 29.7 Å². The van der Waals surface area contributed by atoms with Crippen molar-refractivity contribution < 1.29 is 14.3 Å². The van der Waals surface area contributed by atoms with E-state index >= 15 is 0 Å². The van der Waals surface area contributed by atoms with Gasteiger partial charge in [0.05, 0.1) is 12.1 Å². The Balaban J connectivity index is 1.86. The highest BCUT2D eigenvalue weighted by Gasteiger charge is 2.31. The molecule has 9 heteroatoms. The topological polar surface area (TPSA) is 96.1 Å². The summed E-state index contributed by atoms with van der Waals surface area (Å²) in [5, 5.41) is 7.44. The van der Waals surface area contributed by atoms with E-state index in [1.165, 1.54) is 13.1 Å². The standard InChI is InChI=1S/C18H19BrN4O4/c1-18(2)7-6-13(9-15(18)24)27-16(25)14-5-4-12(19)8-11(14)10-23-17(26)22(3)20-21-23/h4-5,8-9H,6-7,10H2,1-3H3. The van der Waals surface area contributed by atoms with E-state index in [-0.39, 0.29) is 12.3 Å². The van der Waals surface area contributed by atoms with E-state index in [4.69, 9.17) is 4.74 Å². The first-order chi connectivity index (χ1) is 12.7. The molecule has 0 amide bonds. The summed E-state index contributed by atoms with van der Waals surface area (Å²) in [6, 6.07) is 5.04. The van der Waals surface area contributed by atoms with Gasteiger partial charge in [0.1, 0.15) is 5.76 Å². The van der Waals surface area contributed by atoms with Gasteiger partial charge >= 0.3 is 11.7 Å². The molecular weight excluding hydrogens is 416 g/mol. The fourth-order valence-electron chi connectivity index (χ4n) is 2.73. The second-order valence-electron chi connectivity index (χ2n) is 7.09. The van der Waals surface area contributed by atoms with Crippen LogP contribution >= 0.6 is 15.9 Å². The van der Waals surface area contributed by atoms with Gasteiger partial charge in [-0.2, -0.15) is 9.36 Å². The maximum absolute atomic E-state index is 12.7. The Kier molecular flexibility index (Phi) is 5.14. The first-order valence-electron chi connectivity index (χ1n) is 8.40. The maximum atomic E-state index is 12.7. The molecule has 0 saturated carbocycles. The van der Waals surface area contributed by atoms with E-state index in [9.17, 15) is 14.4 Å². The average molecular weight is 435 g/mol. The fraction of sp³-hybridized carbons (Fsp3) is 0.389. The van der Waals surface area contributed by atoms with Gasteiger partial charge < -0.3 is 4.74 Å². The molecule has 0 atom stereocenters. The molecule has 1 aromatic heterocycles. The van der Waals surface area contributed by atoms with Crippen molar-refractivity contribution in [1.29, 1.82) is 0 Å². The number of halogens is 1. The summed E-state index contributed by atoms with van der Waals surface area (Å²) in [6.45, 7) is 3.81. The quantitative estimate of drug-likeness (QED) is 0.684. The van der Waals surface area contributed by atoms with Crippen molar-refractivity contribution in [3.63, 3.8) is 0 Å². The van der Waals surface area contributed by atoms with Gasteiger partial charge in [-0.25, -0.2) is 9.59 Å². The van der Waals surface area contributed by atoms with Gasteiger partial charge in [-0.3, -0.25) is 4.79 Å². The summed E-state index contributed by atoms with van der Waals surface area (Å²) in [4.78, 5) is 36.8. The number of esters is 1. The summed E-state index contributed by atoms with van der Waals surface area (Å²) >= 11 is 3.36. The molecule has 0 radical (unpaired) electrons. The predicted molar refractivity (Wildman–Crippen MR) is 100 cm³/mol. The van der Waals surface area contributed by atoms with Crippen LogP contribution in [0.25, 0.3) is 0 Å². The lowest BCUT2D eigenvalue weighted by molar-refractivity contribution is -0.123. The van der Waals surface area contributed by atoms with Crippen molar-refractivity contribution in [3.8, 4) is 0 Å². The number of tetrazole rings is 1. The van der Waals surface area contributed by atoms with Gasteiger partial charge in [0, 0.05) is 29.4 Å². The molecule has 0 saturated heterocycles. The third-order valence-corrected chi connectivity index (χ3v) is 5.06. The predicted octanol–water partition coefficient (Wildman–Crippen LogP) is 2.22. The van der Waals surface area contributed by atoms with E-state index < -0.39 is 17.1 Å². The minimum atomic E-state index is -0.576. The number of benzene rings is 1. The number of ether oxygens (including phenoxy) is 1. The molecule has 0 spiro atoms. The van der Waals surface area contributed by atoms with E-state index in [2.05, 4.69) is 26.4 Å². The summed E-state index contributed by atoms with van der Waals surface area (Å²) < 4.78 is 8.47. The molecule has 1 aliphatic carbocycles. The lowest BCUT2D eigenvalue weighted by Crippen LogP contribution is -2.27. The van der Waals surface area contributed by atoms with Gasteiger partial charge in [0.15, 0.2) is 5.78 Å². The van der Waals surface area contributed by atoms with Crippen LogP contribution in [0.2, 0.25) is 0 Å². The second-order valence-corrected chi connectivity index (χ2v) is 8.01. The smallest absolute Gasteiger partial charge is 0.363 e. The molecule has 2 aromatic rings. The molecule has 0 N–H and O–H groups in total. The largest absolute Gasteiger partial charge is 0.427 e. The number of ketones is 1. The van der Waals surface area contributed by atoms with Crippen LogP contribution in [-0.4, -0.2) is 31.5 Å². The van der Waals surface area contributed by atoms with Crippen molar-refractivity contribution in [2.24, 2.45) is 12.5 Å². The number of nitrogens with zero attached hydrogens (tertiary/aromatic N) is 4. The molecule has 8 nitrogen and oxygen atoms in total. The number of rotatable bonds is 4. The molecular formula is C18H19BrN4O4. The Hall–Kier alpha value is -2.55. The number of allylic oxidation sites excluding steroid dienone is 2. The minimum Gasteiger partial charge on any atom is -0.427 e. The van der Waals surface area contributed by atoms with E-state index in [0.717, 1.165) is 13.8 Å². The molecule has 3 rings (SSSR count). The zero-order valence-electron chi connectivity index (χ0n) is 15.2. The second kappa shape index (κ2) is 7.22. The number of hydrogen-bond acceptors (Lipinski definition) is 6. The van der Waals surface area contributed by atoms with Crippen LogP contribution in [-0.2, 0) is 23.1 Å². The van der Waals surface area contributed by atoms with Crippen molar-refractivity contribution in [1.82, 2.24) is 19.8 Å². The first kappa shape index (κ1) is 19.2. The minimum absolute atomic E-state index is 0.0568. The highest BCUT2D eigenvalue weighted by atomic mass is 79.9. The Morgan fingerprint density at radius 2 is 2.04 bits per heavy atom. The first-order valence-corrected chi connectivity index (χ1v) is 9.19. The molecule has 1 heterocycles. The Morgan fingerprint density at radius 3 is 2.67 bits per heavy atom. The monoisotopic (exact) mass is 434 g/mol. The number of aromatic nitrogens is 4. The van der Waals surface area contributed by atoms with Gasteiger partial charge in [0.2, 0.25) is 0 Å². The molecule has 27 heavy (non-hydrogen) atoms. The molecule has 1 aromatic carbocycles.